The molecule has 1 aliphatic heterocycles. The molecule has 0 saturated heterocycles. The number of rotatable bonds is 5. The van der Waals surface area contributed by atoms with Crippen LogP contribution in [0.25, 0.3) is 5.70 Å². The quantitative estimate of drug-likeness (QED) is 0.640. The van der Waals surface area contributed by atoms with Gasteiger partial charge in [0, 0.05) is 21.3 Å². The van der Waals surface area contributed by atoms with Gasteiger partial charge in [0.2, 0.25) is 5.95 Å². The number of halogens is 1. The van der Waals surface area contributed by atoms with Crippen molar-refractivity contribution in [1.82, 2.24) is 14.8 Å². The lowest BCUT2D eigenvalue weighted by atomic mass is 10.0. The minimum absolute atomic E-state index is 0.186. The van der Waals surface area contributed by atoms with Gasteiger partial charge in [-0.1, -0.05) is 15.9 Å². The summed E-state index contributed by atoms with van der Waals surface area (Å²) < 4.78 is 19.2. The standard InChI is InChI=1S/C20H19BrN4O3/c1-26-17-7-5-13(21)9-14(17)16-10-15(24-20-22-11-23-25(16)20)12-4-6-18(27-2)19(8-12)28-3/h4-11,16H,1-3H3,(H,22,23,24)/t16-/m1/s1. The number of aromatic nitrogens is 3. The number of methoxy groups -OCH3 is 3. The highest BCUT2D eigenvalue weighted by Crippen LogP contribution is 2.38. The van der Waals surface area contributed by atoms with E-state index < -0.39 is 0 Å². The third-order valence-corrected chi connectivity index (χ3v) is 5.11. The number of fused-ring (bicyclic) bond motifs is 1. The largest absolute Gasteiger partial charge is 0.496 e. The third kappa shape index (κ3) is 3.20. The number of ether oxygens (including phenoxy) is 3. The minimum Gasteiger partial charge on any atom is -0.496 e. The topological polar surface area (TPSA) is 70.4 Å². The molecule has 3 aromatic rings. The van der Waals surface area contributed by atoms with Gasteiger partial charge in [-0.05, 0) is 42.5 Å². The lowest BCUT2D eigenvalue weighted by Gasteiger charge is -2.26. The smallest absolute Gasteiger partial charge is 0.226 e. The Labute approximate surface area is 171 Å². The van der Waals surface area contributed by atoms with E-state index in [9.17, 15) is 0 Å². The first-order valence-electron chi connectivity index (χ1n) is 8.58. The fraction of sp³-hybridized carbons (Fsp3) is 0.200. The molecule has 0 amide bonds. The highest BCUT2D eigenvalue weighted by molar-refractivity contribution is 9.10. The summed E-state index contributed by atoms with van der Waals surface area (Å²) in [5, 5.41) is 7.73. The Kier molecular flexibility index (Phi) is 4.95. The summed E-state index contributed by atoms with van der Waals surface area (Å²) in [6.07, 6.45) is 3.62. The third-order valence-electron chi connectivity index (χ3n) is 4.61. The van der Waals surface area contributed by atoms with Gasteiger partial charge in [-0.15, -0.1) is 0 Å². The normalized spacial score (nSPS) is 15.3. The number of hydrogen-bond acceptors (Lipinski definition) is 6. The van der Waals surface area contributed by atoms with E-state index in [4.69, 9.17) is 14.2 Å². The number of hydrogen-bond donors (Lipinski definition) is 1. The van der Waals surface area contributed by atoms with Crippen LogP contribution in [0.4, 0.5) is 5.95 Å². The van der Waals surface area contributed by atoms with Crippen LogP contribution in [-0.2, 0) is 0 Å². The van der Waals surface area contributed by atoms with Crippen LogP contribution in [-0.4, -0.2) is 36.1 Å². The van der Waals surface area contributed by atoms with Crippen LogP contribution < -0.4 is 19.5 Å². The highest BCUT2D eigenvalue weighted by atomic mass is 79.9. The van der Waals surface area contributed by atoms with Crippen LogP contribution in [0, 0.1) is 0 Å². The predicted molar refractivity (Wildman–Crippen MR) is 110 cm³/mol. The van der Waals surface area contributed by atoms with Crippen LogP contribution in [0.15, 0.2) is 53.3 Å². The molecule has 4 rings (SSSR count). The van der Waals surface area contributed by atoms with Gasteiger partial charge in [0.1, 0.15) is 18.1 Å². The molecular weight excluding hydrogens is 424 g/mol. The summed E-state index contributed by atoms with van der Waals surface area (Å²) in [4.78, 5) is 4.35. The summed E-state index contributed by atoms with van der Waals surface area (Å²) in [7, 11) is 4.90. The predicted octanol–water partition coefficient (Wildman–Crippen LogP) is 4.12. The maximum absolute atomic E-state index is 5.58. The average molecular weight is 443 g/mol. The van der Waals surface area contributed by atoms with Crippen LogP contribution in [0.5, 0.6) is 17.2 Å². The van der Waals surface area contributed by atoms with Crippen molar-refractivity contribution in [2.45, 2.75) is 6.04 Å². The Morgan fingerprint density at radius 2 is 1.71 bits per heavy atom. The number of allylic oxidation sites excluding steroid dienone is 1. The van der Waals surface area contributed by atoms with E-state index in [2.05, 4.69) is 37.4 Å². The molecule has 8 heteroatoms. The van der Waals surface area contributed by atoms with Crippen molar-refractivity contribution in [1.29, 1.82) is 0 Å². The molecule has 2 aromatic carbocycles. The van der Waals surface area contributed by atoms with Crippen molar-refractivity contribution in [2.24, 2.45) is 0 Å². The Morgan fingerprint density at radius 1 is 0.964 bits per heavy atom. The minimum atomic E-state index is -0.186. The van der Waals surface area contributed by atoms with Gasteiger partial charge in [0.05, 0.1) is 21.3 Å². The van der Waals surface area contributed by atoms with Gasteiger partial charge < -0.3 is 19.5 Å². The van der Waals surface area contributed by atoms with Crippen molar-refractivity contribution >= 4 is 27.6 Å². The first kappa shape index (κ1) is 18.4. The second-order valence-electron chi connectivity index (χ2n) is 6.13. The monoisotopic (exact) mass is 442 g/mol. The summed E-state index contributed by atoms with van der Waals surface area (Å²) in [6.45, 7) is 0. The average Bonchev–Trinajstić information content (AvgIpc) is 3.21. The van der Waals surface area contributed by atoms with Crippen LogP contribution >= 0.6 is 15.9 Å². The summed E-state index contributed by atoms with van der Waals surface area (Å²) in [5.74, 6) is 2.76. The molecule has 7 nitrogen and oxygen atoms in total. The lowest BCUT2D eigenvalue weighted by Crippen LogP contribution is -2.20. The van der Waals surface area contributed by atoms with E-state index in [-0.39, 0.29) is 6.04 Å². The second-order valence-corrected chi connectivity index (χ2v) is 7.05. The number of benzene rings is 2. The molecular formula is C20H19BrN4O3. The molecule has 144 valence electrons. The molecule has 2 heterocycles. The molecule has 0 spiro atoms. The fourth-order valence-electron chi connectivity index (χ4n) is 3.26. The molecule has 0 unspecified atom stereocenters. The molecule has 0 bridgehead atoms. The summed E-state index contributed by atoms with van der Waals surface area (Å²) in [6, 6.07) is 11.5. The zero-order valence-corrected chi connectivity index (χ0v) is 17.2. The first-order chi connectivity index (χ1) is 13.6. The molecule has 0 saturated carbocycles. The van der Waals surface area contributed by atoms with Gasteiger partial charge in [-0.3, -0.25) is 0 Å². The van der Waals surface area contributed by atoms with Crippen LogP contribution in [0.3, 0.4) is 0 Å². The van der Waals surface area contributed by atoms with Gasteiger partial charge in [0.15, 0.2) is 11.5 Å². The van der Waals surface area contributed by atoms with E-state index >= 15 is 0 Å². The molecule has 0 radical (unpaired) electrons. The van der Waals surface area contributed by atoms with E-state index in [1.165, 1.54) is 6.33 Å². The van der Waals surface area contributed by atoms with E-state index in [1.807, 2.05) is 41.1 Å². The molecule has 1 N–H and O–H groups in total. The van der Waals surface area contributed by atoms with E-state index in [1.54, 1.807) is 21.3 Å². The highest BCUT2D eigenvalue weighted by Gasteiger charge is 2.26. The van der Waals surface area contributed by atoms with E-state index in [0.717, 1.165) is 27.0 Å². The van der Waals surface area contributed by atoms with Gasteiger partial charge in [-0.25, -0.2) is 4.68 Å². The zero-order chi connectivity index (χ0) is 19.7. The Balaban J connectivity index is 1.84. The fourth-order valence-corrected chi connectivity index (χ4v) is 3.64. The van der Waals surface area contributed by atoms with Crippen LogP contribution in [0.2, 0.25) is 0 Å². The summed E-state index contributed by atoms with van der Waals surface area (Å²) >= 11 is 3.55. The van der Waals surface area contributed by atoms with Crippen molar-refractivity contribution in [3.8, 4) is 17.2 Å². The number of nitrogens with zero attached hydrogens (tertiary/aromatic N) is 3. The molecule has 1 aromatic heterocycles. The Bertz CT molecular complexity index is 1050. The maximum Gasteiger partial charge on any atom is 0.226 e. The van der Waals surface area contributed by atoms with Crippen LogP contribution in [0.1, 0.15) is 17.2 Å². The molecule has 1 atom stereocenters. The molecule has 0 fully saturated rings. The zero-order valence-electron chi connectivity index (χ0n) is 15.6. The molecule has 1 aliphatic rings. The van der Waals surface area contributed by atoms with Crippen molar-refractivity contribution in [3.63, 3.8) is 0 Å². The Hall–Kier alpha value is -3.00. The van der Waals surface area contributed by atoms with Gasteiger partial charge in [-0.2, -0.15) is 10.1 Å². The summed E-state index contributed by atoms with van der Waals surface area (Å²) in [5.41, 5.74) is 2.82. The molecule has 0 aliphatic carbocycles. The molecule has 28 heavy (non-hydrogen) atoms. The van der Waals surface area contributed by atoms with E-state index in [0.29, 0.717) is 17.4 Å². The number of nitrogens with one attached hydrogen (secondary N) is 1. The van der Waals surface area contributed by atoms with Crippen molar-refractivity contribution < 1.29 is 14.2 Å². The number of anilines is 1. The van der Waals surface area contributed by atoms with Crippen molar-refractivity contribution in [3.05, 3.63) is 64.4 Å². The maximum atomic E-state index is 5.58. The SMILES string of the molecule is COc1ccc(C2=C[C@H](c3cc(Br)ccc3OC)n3ncnc3N2)cc1OC. The first-order valence-corrected chi connectivity index (χ1v) is 9.38. The van der Waals surface area contributed by atoms with Gasteiger partial charge in [0.25, 0.3) is 0 Å². The second kappa shape index (κ2) is 7.55. The van der Waals surface area contributed by atoms with Crippen molar-refractivity contribution in [2.75, 3.05) is 26.6 Å². The Morgan fingerprint density at radius 3 is 2.46 bits per heavy atom. The lowest BCUT2D eigenvalue weighted by molar-refractivity contribution is 0.355. The van der Waals surface area contributed by atoms with Gasteiger partial charge >= 0.3 is 0 Å².